The molecule has 1 heterocycles. The predicted molar refractivity (Wildman–Crippen MR) is 125 cm³/mol. The highest BCUT2D eigenvalue weighted by Crippen LogP contribution is 2.32. The number of benzene rings is 1. The molecule has 0 unspecified atom stereocenters. The summed E-state index contributed by atoms with van der Waals surface area (Å²) in [6.07, 6.45) is 6.28. The van der Waals surface area contributed by atoms with E-state index in [4.69, 9.17) is 5.10 Å². The van der Waals surface area contributed by atoms with Crippen molar-refractivity contribution < 1.29 is 9.59 Å². The van der Waals surface area contributed by atoms with Crippen molar-refractivity contribution >= 4 is 22.7 Å². The van der Waals surface area contributed by atoms with Crippen LogP contribution in [-0.4, -0.2) is 33.2 Å². The van der Waals surface area contributed by atoms with Crippen molar-refractivity contribution in [1.82, 2.24) is 20.4 Å². The van der Waals surface area contributed by atoms with Crippen LogP contribution in [0.1, 0.15) is 84.1 Å². The largest absolute Gasteiger partial charge is 0.352 e. The zero-order valence-electron chi connectivity index (χ0n) is 19.9. The number of carbonyl (C=O) groups excluding carboxylic acids is 2. The first-order valence-electron chi connectivity index (χ1n) is 11.6. The highest BCUT2D eigenvalue weighted by atomic mass is 16.2. The molecule has 3 rings (SSSR count). The third-order valence-electron chi connectivity index (χ3n) is 6.77. The molecule has 1 aliphatic rings. The zero-order chi connectivity index (χ0) is 22.8. The molecule has 0 bridgehead atoms. The van der Waals surface area contributed by atoms with Crippen molar-refractivity contribution in [2.75, 3.05) is 0 Å². The van der Waals surface area contributed by atoms with E-state index in [1.807, 2.05) is 63.6 Å². The molecule has 170 valence electrons. The minimum absolute atomic E-state index is 0.0124. The summed E-state index contributed by atoms with van der Waals surface area (Å²) >= 11 is 0. The molecule has 2 N–H and O–H groups in total. The molecule has 1 fully saturated rings. The van der Waals surface area contributed by atoms with Gasteiger partial charge >= 0.3 is 0 Å². The van der Waals surface area contributed by atoms with Gasteiger partial charge in [0.05, 0.1) is 5.52 Å². The van der Waals surface area contributed by atoms with Gasteiger partial charge in [0.15, 0.2) is 5.69 Å². The Morgan fingerprint density at radius 3 is 2.35 bits per heavy atom. The van der Waals surface area contributed by atoms with E-state index >= 15 is 0 Å². The van der Waals surface area contributed by atoms with Gasteiger partial charge in [-0.25, -0.2) is 0 Å². The number of carbonyl (C=O) groups is 2. The summed E-state index contributed by atoms with van der Waals surface area (Å²) in [5, 5.41) is 11.6. The zero-order valence-corrected chi connectivity index (χ0v) is 19.9. The van der Waals surface area contributed by atoms with Crippen molar-refractivity contribution in [3.05, 3.63) is 30.0 Å². The van der Waals surface area contributed by atoms with E-state index in [2.05, 4.69) is 10.6 Å². The number of nitrogens with zero attached hydrogens (tertiary/aromatic N) is 2. The van der Waals surface area contributed by atoms with Gasteiger partial charge in [-0.3, -0.25) is 14.3 Å². The van der Waals surface area contributed by atoms with Gasteiger partial charge in [0.1, 0.15) is 5.54 Å². The number of aromatic nitrogens is 2. The first kappa shape index (κ1) is 23.3. The maximum Gasteiger partial charge on any atom is 0.273 e. The van der Waals surface area contributed by atoms with E-state index in [0.717, 1.165) is 17.4 Å². The van der Waals surface area contributed by atoms with Gasteiger partial charge < -0.3 is 10.6 Å². The monoisotopic (exact) mass is 426 g/mol. The first-order valence-corrected chi connectivity index (χ1v) is 11.6. The lowest BCUT2D eigenvalue weighted by molar-refractivity contribution is -0.131. The van der Waals surface area contributed by atoms with Crippen LogP contribution in [0.2, 0.25) is 0 Å². The van der Waals surface area contributed by atoms with Crippen molar-refractivity contribution in [2.45, 2.75) is 91.8 Å². The van der Waals surface area contributed by atoms with Crippen molar-refractivity contribution in [3.63, 3.8) is 0 Å². The van der Waals surface area contributed by atoms with Gasteiger partial charge in [0, 0.05) is 18.0 Å². The van der Waals surface area contributed by atoms with Gasteiger partial charge in [0.25, 0.3) is 5.91 Å². The van der Waals surface area contributed by atoms with Crippen LogP contribution in [0.5, 0.6) is 0 Å². The van der Waals surface area contributed by atoms with Crippen molar-refractivity contribution in [2.24, 2.45) is 11.3 Å². The Balaban J connectivity index is 1.93. The quantitative estimate of drug-likeness (QED) is 0.704. The number of amides is 2. The number of hydrogen-bond donors (Lipinski definition) is 2. The molecule has 0 saturated heterocycles. The standard InChI is InChI=1S/C25H38N4O2/c1-17(2)26-23(31)25(6,24(3,4)5)27-22(30)21-19-14-10-11-15-20(19)29(28-21)16-18-12-8-7-9-13-18/h10-11,14-15,17-18H,7-9,12-13,16H2,1-6H3,(H,26,31)(H,27,30)/t25-/m1/s1. The van der Waals surface area contributed by atoms with Crippen LogP contribution in [0.25, 0.3) is 10.9 Å². The Kier molecular flexibility index (Phi) is 6.77. The van der Waals surface area contributed by atoms with Gasteiger partial charge in [-0.05, 0) is 51.0 Å². The molecule has 6 nitrogen and oxygen atoms in total. The lowest BCUT2D eigenvalue weighted by Crippen LogP contribution is -2.64. The Labute approximate surface area is 186 Å². The molecule has 6 heteroatoms. The third kappa shape index (κ3) is 4.94. The van der Waals surface area contributed by atoms with Gasteiger partial charge in [-0.2, -0.15) is 5.10 Å². The van der Waals surface area contributed by atoms with Crippen LogP contribution in [0.3, 0.4) is 0 Å². The van der Waals surface area contributed by atoms with Gasteiger partial charge in [-0.1, -0.05) is 58.2 Å². The second kappa shape index (κ2) is 9.01. The second-order valence-electron chi connectivity index (χ2n) is 10.5. The topological polar surface area (TPSA) is 76.0 Å². The summed E-state index contributed by atoms with van der Waals surface area (Å²) in [5.41, 5.74) is -0.202. The fourth-order valence-electron chi connectivity index (χ4n) is 4.33. The summed E-state index contributed by atoms with van der Waals surface area (Å²) in [5.74, 6) is 0.105. The normalized spacial score (nSPS) is 17.5. The predicted octanol–water partition coefficient (Wildman–Crippen LogP) is 4.68. The van der Waals surface area contributed by atoms with Crippen LogP contribution < -0.4 is 10.6 Å². The van der Waals surface area contributed by atoms with Crippen molar-refractivity contribution in [3.8, 4) is 0 Å². The SMILES string of the molecule is CC(C)NC(=O)[C@@](C)(NC(=O)c1nn(CC2CCCCC2)c2ccccc12)C(C)(C)C. The van der Waals surface area contributed by atoms with E-state index in [1.54, 1.807) is 6.92 Å². The maximum absolute atomic E-state index is 13.4. The van der Waals surface area contributed by atoms with E-state index < -0.39 is 11.0 Å². The molecular formula is C25H38N4O2. The number of nitrogens with one attached hydrogen (secondary N) is 2. The lowest BCUT2D eigenvalue weighted by Gasteiger charge is -2.41. The van der Waals surface area contributed by atoms with E-state index in [1.165, 1.54) is 32.1 Å². The van der Waals surface area contributed by atoms with E-state index in [-0.39, 0.29) is 17.9 Å². The highest BCUT2D eigenvalue weighted by Gasteiger charge is 2.46. The fraction of sp³-hybridized carbons (Fsp3) is 0.640. The number of fused-ring (bicyclic) bond motifs is 1. The van der Waals surface area contributed by atoms with Gasteiger partial charge in [-0.15, -0.1) is 0 Å². The second-order valence-corrected chi connectivity index (χ2v) is 10.5. The smallest absolute Gasteiger partial charge is 0.273 e. The lowest BCUT2D eigenvalue weighted by atomic mass is 9.74. The Bertz CT molecular complexity index is 935. The fourth-order valence-corrected chi connectivity index (χ4v) is 4.33. The van der Waals surface area contributed by atoms with E-state index in [0.29, 0.717) is 11.6 Å². The summed E-state index contributed by atoms with van der Waals surface area (Å²) in [4.78, 5) is 26.5. The van der Waals surface area contributed by atoms with Gasteiger partial charge in [0.2, 0.25) is 5.91 Å². The first-order chi connectivity index (χ1) is 14.5. The minimum Gasteiger partial charge on any atom is -0.352 e. The van der Waals surface area contributed by atoms with E-state index in [9.17, 15) is 9.59 Å². The summed E-state index contributed by atoms with van der Waals surface area (Å²) in [6.45, 7) is 12.4. The molecule has 0 spiro atoms. The summed E-state index contributed by atoms with van der Waals surface area (Å²) in [6, 6.07) is 7.87. The molecule has 1 atom stereocenters. The average molecular weight is 427 g/mol. The number of para-hydroxylation sites is 1. The molecule has 2 amide bonds. The third-order valence-corrected chi connectivity index (χ3v) is 6.77. The number of hydrogen-bond acceptors (Lipinski definition) is 3. The van der Waals surface area contributed by atoms with Crippen molar-refractivity contribution in [1.29, 1.82) is 0 Å². The Morgan fingerprint density at radius 2 is 1.74 bits per heavy atom. The molecule has 0 aliphatic heterocycles. The van der Waals surface area contributed by atoms with Crippen LogP contribution in [-0.2, 0) is 11.3 Å². The Hall–Kier alpha value is -2.37. The Morgan fingerprint density at radius 1 is 1.10 bits per heavy atom. The van der Waals surface area contributed by atoms with Crippen LogP contribution in [0.4, 0.5) is 0 Å². The molecule has 0 radical (unpaired) electrons. The molecule has 1 aromatic carbocycles. The molecule has 1 saturated carbocycles. The molecular weight excluding hydrogens is 388 g/mol. The average Bonchev–Trinajstić information content (AvgIpc) is 3.06. The maximum atomic E-state index is 13.4. The molecule has 2 aromatic rings. The van der Waals surface area contributed by atoms with Crippen LogP contribution in [0, 0.1) is 11.3 Å². The molecule has 1 aliphatic carbocycles. The minimum atomic E-state index is -1.08. The summed E-state index contributed by atoms with van der Waals surface area (Å²) < 4.78 is 1.99. The molecule has 1 aromatic heterocycles. The summed E-state index contributed by atoms with van der Waals surface area (Å²) in [7, 11) is 0. The van der Waals surface area contributed by atoms with Crippen LogP contribution >= 0.6 is 0 Å². The highest BCUT2D eigenvalue weighted by molar-refractivity contribution is 6.07. The number of rotatable bonds is 6. The molecule has 31 heavy (non-hydrogen) atoms. The van der Waals surface area contributed by atoms with Crippen LogP contribution in [0.15, 0.2) is 24.3 Å².